The highest BCUT2D eigenvalue weighted by Crippen LogP contribution is 2.43. The number of hydrogen-bond acceptors (Lipinski definition) is 15. The fraction of sp³-hybridized carbons (Fsp3) is 0.536. The molecule has 2 saturated heterocycles. The topological polar surface area (TPSA) is 234 Å². The van der Waals surface area contributed by atoms with Gasteiger partial charge >= 0.3 is 0 Å². The van der Waals surface area contributed by atoms with E-state index in [1.54, 1.807) is 6.07 Å². The first-order valence-electron chi connectivity index (χ1n) is 13.5. The van der Waals surface area contributed by atoms with Crippen LogP contribution in [0.5, 0.6) is 28.7 Å². The van der Waals surface area contributed by atoms with Crippen molar-refractivity contribution >= 4 is 5.78 Å². The molecule has 5 rings (SSSR count). The molecule has 0 spiro atoms. The zero-order valence-corrected chi connectivity index (χ0v) is 23.1. The van der Waals surface area contributed by atoms with E-state index in [4.69, 9.17) is 28.4 Å². The number of ketones is 1. The molecule has 15 heteroatoms. The second-order valence-electron chi connectivity index (χ2n) is 10.6. The number of carbonyl (C=O) groups excluding carboxylic acids is 1. The molecule has 0 bridgehead atoms. The van der Waals surface area contributed by atoms with Crippen LogP contribution in [-0.4, -0.2) is 122 Å². The molecule has 43 heavy (non-hydrogen) atoms. The van der Waals surface area contributed by atoms with Crippen LogP contribution in [0.15, 0.2) is 30.3 Å². The van der Waals surface area contributed by atoms with E-state index < -0.39 is 85.7 Å². The zero-order chi connectivity index (χ0) is 31.2. The minimum atomic E-state index is -1.77. The maximum absolute atomic E-state index is 12.9. The number of benzene rings is 2. The first-order chi connectivity index (χ1) is 20.4. The summed E-state index contributed by atoms with van der Waals surface area (Å²) in [5, 5.41) is 82.2. The van der Waals surface area contributed by atoms with Gasteiger partial charge in [0.2, 0.25) is 6.29 Å². The highest BCUT2D eigenvalue weighted by atomic mass is 16.7. The largest absolute Gasteiger partial charge is 0.507 e. The Labute approximate surface area is 245 Å². The average molecular weight is 611 g/mol. The zero-order valence-electron chi connectivity index (χ0n) is 23.1. The van der Waals surface area contributed by atoms with Crippen LogP contribution < -0.4 is 14.2 Å². The predicted molar refractivity (Wildman–Crippen MR) is 141 cm³/mol. The van der Waals surface area contributed by atoms with Crippen LogP contribution in [0, 0.1) is 0 Å². The highest BCUT2D eigenvalue weighted by molar-refractivity contribution is 6.02. The molecule has 8 N–H and O–H groups in total. The minimum Gasteiger partial charge on any atom is -0.507 e. The van der Waals surface area contributed by atoms with E-state index in [-0.39, 0.29) is 35.0 Å². The monoisotopic (exact) mass is 610 g/mol. The quantitative estimate of drug-likeness (QED) is 0.185. The van der Waals surface area contributed by atoms with Crippen LogP contribution in [0.3, 0.4) is 0 Å². The number of aliphatic hydroxyl groups excluding tert-OH is 6. The fourth-order valence-electron chi connectivity index (χ4n) is 5.20. The second kappa shape index (κ2) is 12.4. The summed E-state index contributed by atoms with van der Waals surface area (Å²) in [5.74, 6) is -0.999. The molecule has 11 atom stereocenters. The summed E-state index contributed by atoms with van der Waals surface area (Å²) in [6, 6.07) is 6.90. The molecule has 0 unspecified atom stereocenters. The van der Waals surface area contributed by atoms with Gasteiger partial charge in [-0.15, -0.1) is 0 Å². The molecule has 2 aromatic carbocycles. The van der Waals surface area contributed by atoms with Crippen LogP contribution in [0.25, 0.3) is 0 Å². The van der Waals surface area contributed by atoms with Crippen molar-refractivity contribution in [3.05, 3.63) is 41.5 Å². The number of hydrogen-bond donors (Lipinski definition) is 8. The lowest BCUT2D eigenvalue weighted by Crippen LogP contribution is -2.61. The van der Waals surface area contributed by atoms with Crippen molar-refractivity contribution in [1.82, 2.24) is 0 Å². The number of ether oxygens (including phenoxy) is 6. The van der Waals surface area contributed by atoms with Crippen molar-refractivity contribution in [2.75, 3.05) is 13.7 Å². The number of phenolic OH excluding ortho intramolecular Hbond substituents is 2. The van der Waals surface area contributed by atoms with Crippen molar-refractivity contribution in [2.24, 2.45) is 0 Å². The van der Waals surface area contributed by atoms with E-state index in [1.807, 2.05) is 0 Å². The molecule has 0 amide bonds. The number of aliphatic hydroxyl groups is 6. The van der Waals surface area contributed by atoms with Gasteiger partial charge in [-0.2, -0.15) is 0 Å². The molecule has 0 saturated carbocycles. The lowest BCUT2D eigenvalue weighted by molar-refractivity contribution is -0.318. The molecule has 3 aliphatic heterocycles. The molecule has 0 aromatic heterocycles. The van der Waals surface area contributed by atoms with Crippen LogP contribution in [-0.2, 0) is 14.2 Å². The number of Topliss-reactive ketones (excluding diaryl/α,β-unsaturated/α-hetero) is 1. The molecule has 236 valence electrons. The van der Waals surface area contributed by atoms with E-state index in [0.29, 0.717) is 5.56 Å². The van der Waals surface area contributed by atoms with Crippen LogP contribution in [0.2, 0.25) is 0 Å². The van der Waals surface area contributed by atoms with Gasteiger partial charge in [0.1, 0.15) is 71.6 Å². The minimum absolute atomic E-state index is 0.0457. The Kier molecular flexibility index (Phi) is 8.99. The summed E-state index contributed by atoms with van der Waals surface area (Å²) < 4.78 is 33.1. The third-order valence-electron chi connectivity index (χ3n) is 7.70. The summed E-state index contributed by atoms with van der Waals surface area (Å²) in [5.41, 5.74) is 0.373. The van der Waals surface area contributed by atoms with Crippen molar-refractivity contribution in [1.29, 1.82) is 0 Å². The van der Waals surface area contributed by atoms with E-state index in [0.717, 1.165) is 6.07 Å². The van der Waals surface area contributed by atoms with Crippen LogP contribution in [0.4, 0.5) is 0 Å². The Bertz CT molecular complexity index is 1320. The average Bonchev–Trinajstić information content (AvgIpc) is 2.97. The Balaban J connectivity index is 1.30. The first kappa shape index (κ1) is 31.2. The Morgan fingerprint density at radius 2 is 1.53 bits per heavy atom. The Morgan fingerprint density at radius 1 is 0.837 bits per heavy atom. The molecule has 15 nitrogen and oxygen atoms in total. The smallest absolute Gasteiger partial charge is 0.229 e. The normalized spacial score (nSPS) is 36.0. The maximum atomic E-state index is 12.9. The predicted octanol–water partition coefficient (Wildman–Crippen LogP) is -1.16. The summed E-state index contributed by atoms with van der Waals surface area (Å²) in [6.45, 7) is 0.964. The van der Waals surface area contributed by atoms with Gasteiger partial charge in [-0.3, -0.25) is 4.79 Å². The molecule has 0 radical (unpaired) electrons. The van der Waals surface area contributed by atoms with Gasteiger partial charge in [0.15, 0.2) is 23.6 Å². The van der Waals surface area contributed by atoms with E-state index >= 15 is 0 Å². The maximum Gasteiger partial charge on any atom is 0.229 e. The summed E-state index contributed by atoms with van der Waals surface area (Å²) >= 11 is 0. The van der Waals surface area contributed by atoms with E-state index in [9.17, 15) is 45.6 Å². The van der Waals surface area contributed by atoms with Gasteiger partial charge in [0.05, 0.1) is 26.2 Å². The number of carbonyl (C=O) groups is 1. The molecular formula is C28H34O15. The third kappa shape index (κ3) is 6.08. The number of fused-ring (bicyclic) bond motifs is 1. The van der Waals surface area contributed by atoms with Crippen molar-refractivity contribution in [3.8, 4) is 28.7 Å². The highest BCUT2D eigenvalue weighted by Gasteiger charge is 2.47. The lowest BCUT2D eigenvalue weighted by atomic mass is 9.95. The van der Waals surface area contributed by atoms with Gasteiger partial charge < -0.3 is 69.3 Å². The van der Waals surface area contributed by atoms with Crippen LogP contribution in [0.1, 0.15) is 35.4 Å². The molecule has 0 aliphatic carbocycles. The SMILES string of the molecule is COc1ccc([C@H]2CC(=O)c3c(O)cc(O[C@@H]4O[C@H](CO[C@@H]5O[C@@H](C)[C@H](O)[C@@H](O)[C@H]5O)[C@@H](O)[C@H](O)[C@H]4O)cc3O2)cc1O. The van der Waals surface area contributed by atoms with Gasteiger partial charge in [-0.25, -0.2) is 0 Å². The van der Waals surface area contributed by atoms with E-state index in [1.165, 1.54) is 32.2 Å². The Hall–Kier alpha value is -3.25. The summed E-state index contributed by atoms with van der Waals surface area (Å²) in [7, 11) is 1.39. The number of rotatable bonds is 7. The first-order valence-corrected chi connectivity index (χ1v) is 13.5. The number of phenols is 2. The molecule has 2 aromatic rings. The van der Waals surface area contributed by atoms with Crippen molar-refractivity contribution in [2.45, 2.75) is 80.9 Å². The van der Waals surface area contributed by atoms with Crippen LogP contribution >= 0.6 is 0 Å². The number of aromatic hydroxyl groups is 2. The van der Waals surface area contributed by atoms with Gasteiger partial charge in [0.25, 0.3) is 0 Å². The second-order valence-corrected chi connectivity index (χ2v) is 10.6. The Morgan fingerprint density at radius 3 is 2.23 bits per heavy atom. The molecule has 2 fully saturated rings. The standard InChI is InChI=1S/C28H34O15/c1-10-21(32)23(34)25(36)27(40-10)39-9-19-22(33)24(35)26(37)28(43-19)41-12-6-14(30)20-15(31)8-17(42-18(20)7-12)11-3-4-16(38-2)13(29)5-11/h3-7,10,17,19,21-30,32-37H,8-9H2,1-2H3/t10-,17+,19+,21-,22+,23+,24-,25+,26+,27+,28+/m0/s1. The van der Waals surface area contributed by atoms with Crippen molar-refractivity contribution < 1.29 is 74.1 Å². The summed E-state index contributed by atoms with van der Waals surface area (Å²) in [4.78, 5) is 12.9. The molecule has 3 heterocycles. The van der Waals surface area contributed by atoms with E-state index in [2.05, 4.69) is 0 Å². The van der Waals surface area contributed by atoms with Gasteiger partial charge in [0, 0.05) is 12.1 Å². The van der Waals surface area contributed by atoms with Gasteiger partial charge in [-0.05, 0) is 24.6 Å². The number of methoxy groups -OCH3 is 1. The summed E-state index contributed by atoms with van der Waals surface area (Å²) in [6.07, 6.45) is -15.9. The van der Waals surface area contributed by atoms with Crippen molar-refractivity contribution in [3.63, 3.8) is 0 Å². The lowest BCUT2D eigenvalue weighted by Gasteiger charge is -2.42. The molecular weight excluding hydrogens is 576 g/mol. The fourth-order valence-corrected chi connectivity index (χ4v) is 5.20. The third-order valence-corrected chi connectivity index (χ3v) is 7.70. The molecule has 3 aliphatic rings. The van der Waals surface area contributed by atoms with Gasteiger partial charge in [-0.1, -0.05) is 6.07 Å².